The number of nitrogens with two attached hydrogens (primary N) is 2. The third-order valence-corrected chi connectivity index (χ3v) is 3.31. The lowest BCUT2D eigenvalue weighted by Gasteiger charge is -2.25. The third-order valence-electron chi connectivity index (χ3n) is 3.31. The maximum absolute atomic E-state index is 9.21. The van der Waals surface area contributed by atoms with Gasteiger partial charge in [0.05, 0.1) is 19.5 Å². The maximum atomic E-state index is 9.21. The highest BCUT2D eigenvalue weighted by Gasteiger charge is 2.17. The molecule has 0 saturated heterocycles. The van der Waals surface area contributed by atoms with Crippen LogP contribution in [0.1, 0.15) is 5.56 Å². The third kappa shape index (κ3) is 3.36. The molecule has 1 aromatic heterocycles. The van der Waals surface area contributed by atoms with E-state index in [1.165, 1.54) is 0 Å². The molecule has 0 aliphatic carbocycles. The van der Waals surface area contributed by atoms with E-state index in [2.05, 4.69) is 0 Å². The number of nitrogen functional groups attached to an aromatic ring is 1. The van der Waals surface area contributed by atoms with Gasteiger partial charge in [-0.1, -0.05) is 0 Å². The quantitative estimate of drug-likeness (QED) is 0.561. The molecule has 0 bridgehead atoms. The lowest BCUT2D eigenvalue weighted by atomic mass is 10.0. The van der Waals surface area contributed by atoms with Crippen molar-refractivity contribution in [3.05, 3.63) is 36.1 Å². The molecule has 6 heteroatoms. The van der Waals surface area contributed by atoms with Crippen molar-refractivity contribution in [2.75, 3.05) is 36.9 Å². The number of nitrogens with zero attached hydrogens (tertiary/aromatic N) is 1. The average Bonchev–Trinajstić information content (AvgIpc) is 2.95. The van der Waals surface area contributed by atoms with Crippen molar-refractivity contribution in [1.82, 2.24) is 0 Å². The maximum Gasteiger partial charge on any atom is 0.140 e. The molecule has 0 radical (unpaired) electrons. The number of aliphatic hydroxyl groups excluding tert-OH is 2. The Labute approximate surface area is 123 Å². The summed E-state index contributed by atoms with van der Waals surface area (Å²) in [6.45, 7) is 1.17. The van der Waals surface area contributed by atoms with Gasteiger partial charge in [-0.25, -0.2) is 0 Å². The van der Waals surface area contributed by atoms with Crippen LogP contribution in [0.15, 0.2) is 34.9 Å². The van der Waals surface area contributed by atoms with Crippen LogP contribution in [0.5, 0.6) is 0 Å². The summed E-state index contributed by atoms with van der Waals surface area (Å²) in [5.74, 6) is 0.667. The van der Waals surface area contributed by atoms with Crippen molar-refractivity contribution in [1.29, 1.82) is 0 Å². The molecule has 0 saturated carbocycles. The van der Waals surface area contributed by atoms with Gasteiger partial charge in [0.15, 0.2) is 0 Å². The van der Waals surface area contributed by atoms with Crippen molar-refractivity contribution in [2.24, 2.45) is 5.73 Å². The Bertz CT molecular complexity index is 577. The fourth-order valence-electron chi connectivity index (χ4n) is 2.34. The summed E-state index contributed by atoms with van der Waals surface area (Å²) in [6, 6.07) is 7.28. The molecule has 0 fully saturated rings. The molecule has 0 atom stereocenters. The molecule has 0 unspecified atom stereocenters. The number of benzene rings is 1. The van der Waals surface area contributed by atoms with E-state index in [1.807, 2.05) is 23.1 Å². The van der Waals surface area contributed by atoms with Gasteiger partial charge >= 0.3 is 0 Å². The molecule has 114 valence electrons. The van der Waals surface area contributed by atoms with E-state index in [1.54, 1.807) is 12.3 Å². The number of hydrogen-bond acceptors (Lipinski definition) is 6. The second-order valence-corrected chi connectivity index (χ2v) is 4.69. The van der Waals surface area contributed by atoms with Crippen LogP contribution < -0.4 is 16.4 Å². The minimum Gasteiger partial charge on any atom is -0.464 e. The summed E-state index contributed by atoms with van der Waals surface area (Å²) < 4.78 is 5.56. The molecule has 0 amide bonds. The van der Waals surface area contributed by atoms with Crippen LogP contribution in [0.3, 0.4) is 0 Å². The first-order chi connectivity index (χ1) is 10.2. The smallest absolute Gasteiger partial charge is 0.140 e. The van der Waals surface area contributed by atoms with E-state index >= 15 is 0 Å². The number of anilines is 2. The van der Waals surface area contributed by atoms with Gasteiger partial charge in [0.1, 0.15) is 5.76 Å². The minimum absolute atomic E-state index is 0.00822. The molecule has 6 N–H and O–H groups in total. The first-order valence-electron chi connectivity index (χ1n) is 6.84. The molecule has 6 nitrogen and oxygen atoms in total. The summed E-state index contributed by atoms with van der Waals surface area (Å²) in [4.78, 5) is 1.89. The summed E-state index contributed by atoms with van der Waals surface area (Å²) in [6.07, 6.45) is 1.59. The largest absolute Gasteiger partial charge is 0.464 e. The number of hydrogen-bond donors (Lipinski definition) is 4. The normalized spacial score (nSPS) is 10.8. The first kappa shape index (κ1) is 15.4. The van der Waals surface area contributed by atoms with Gasteiger partial charge in [0, 0.05) is 42.1 Å². The topological polar surface area (TPSA) is 109 Å². The molecule has 21 heavy (non-hydrogen) atoms. The van der Waals surface area contributed by atoms with Crippen LogP contribution >= 0.6 is 0 Å². The van der Waals surface area contributed by atoms with E-state index in [9.17, 15) is 10.2 Å². The molecule has 2 rings (SSSR count). The Morgan fingerprint density at radius 1 is 1.10 bits per heavy atom. The zero-order chi connectivity index (χ0) is 15.2. The SMILES string of the molecule is NCc1ccoc1-c1cc(N)ccc1N(CCO)CCO. The predicted octanol–water partition coefficient (Wildman–Crippen LogP) is 0.779. The Morgan fingerprint density at radius 2 is 1.81 bits per heavy atom. The summed E-state index contributed by atoms with van der Waals surface area (Å²) >= 11 is 0. The van der Waals surface area contributed by atoms with Crippen molar-refractivity contribution in [2.45, 2.75) is 6.54 Å². The lowest BCUT2D eigenvalue weighted by Crippen LogP contribution is -2.30. The van der Waals surface area contributed by atoms with Crippen molar-refractivity contribution in [3.63, 3.8) is 0 Å². The van der Waals surface area contributed by atoms with Crippen molar-refractivity contribution in [3.8, 4) is 11.3 Å². The van der Waals surface area contributed by atoms with E-state index in [4.69, 9.17) is 15.9 Å². The van der Waals surface area contributed by atoms with Gasteiger partial charge in [0.2, 0.25) is 0 Å². The van der Waals surface area contributed by atoms with Gasteiger partial charge < -0.3 is 31.0 Å². The minimum atomic E-state index is -0.00822. The zero-order valence-electron chi connectivity index (χ0n) is 11.8. The molecule has 0 aliphatic heterocycles. The standard InChI is InChI=1S/C15H21N3O3/c16-10-11-3-8-21-15(11)13-9-12(17)1-2-14(13)18(4-6-19)5-7-20/h1-3,8-9,19-20H,4-7,10,16-17H2. The predicted molar refractivity (Wildman–Crippen MR) is 82.8 cm³/mol. The Morgan fingerprint density at radius 3 is 2.43 bits per heavy atom. The van der Waals surface area contributed by atoms with Crippen LogP contribution in [-0.4, -0.2) is 36.5 Å². The highest BCUT2D eigenvalue weighted by atomic mass is 16.3. The van der Waals surface area contributed by atoms with Gasteiger partial charge in [-0.15, -0.1) is 0 Å². The summed E-state index contributed by atoms with van der Waals surface area (Å²) in [5.41, 5.74) is 14.8. The first-order valence-corrected chi connectivity index (χ1v) is 6.84. The zero-order valence-corrected chi connectivity index (χ0v) is 11.8. The average molecular weight is 291 g/mol. The summed E-state index contributed by atoms with van der Waals surface area (Å²) in [7, 11) is 0. The van der Waals surface area contributed by atoms with Crippen LogP contribution in [0.4, 0.5) is 11.4 Å². The Balaban J connectivity index is 2.51. The molecule has 1 aromatic carbocycles. The van der Waals surface area contributed by atoms with Crippen LogP contribution in [0.2, 0.25) is 0 Å². The van der Waals surface area contributed by atoms with E-state index in [0.717, 1.165) is 16.8 Å². The number of furan rings is 1. The number of rotatable bonds is 7. The molecular formula is C15H21N3O3. The highest BCUT2D eigenvalue weighted by Crippen LogP contribution is 2.35. The molecule has 0 aliphatic rings. The second-order valence-electron chi connectivity index (χ2n) is 4.69. The highest BCUT2D eigenvalue weighted by molar-refractivity contribution is 5.80. The van der Waals surface area contributed by atoms with Crippen molar-refractivity contribution >= 4 is 11.4 Å². The molecule has 1 heterocycles. The molecule has 2 aromatic rings. The fraction of sp³-hybridized carbons (Fsp3) is 0.333. The van der Waals surface area contributed by atoms with E-state index in [-0.39, 0.29) is 13.2 Å². The van der Waals surface area contributed by atoms with E-state index in [0.29, 0.717) is 31.1 Å². The molecule has 0 spiro atoms. The van der Waals surface area contributed by atoms with Crippen LogP contribution in [-0.2, 0) is 6.54 Å². The van der Waals surface area contributed by atoms with Gasteiger partial charge in [-0.3, -0.25) is 0 Å². The van der Waals surface area contributed by atoms with Crippen LogP contribution in [0, 0.1) is 0 Å². The Hall–Kier alpha value is -2.02. The van der Waals surface area contributed by atoms with Gasteiger partial charge in [-0.05, 0) is 24.3 Å². The monoisotopic (exact) mass is 291 g/mol. The summed E-state index contributed by atoms with van der Waals surface area (Å²) in [5, 5.41) is 18.4. The van der Waals surface area contributed by atoms with Gasteiger partial charge in [0.25, 0.3) is 0 Å². The van der Waals surface area contributed by atoms with Gasteiger partial charge in [-0.2, -0.15) is 0 Å². The lowest BCUT2D eigenvalue weighted by molar-refractivity contribution is 0.281. The Kier molecular flexibility index (Phi) is 5.21. The number of aliphatic hydroxyl groups is 2. The molecular weight excluding hydrogens is 270 g/mol. The fourth-order valence-corrected chi connectivity index (χ4v) is 2.34. The van der Waals surface area contributed by atoms with E-state index < -0.39 is 0 Å². The second kappa shape index (κ2) is 7.12. The van der Waals surface area contributed by atoms with Crippen LogP contribution in [0.25, 0.3) is 11.3 Å². The van der Waals surface area contributed by atoms with Crippen molar-refractivity contribution < 1.29 is 14.6 Å².